The first-order valence-corrected chi connectivity index (χ1v) is 9.49. The molecule has 0 N–H and O–H groups in total. The predicted octanol–water partition coefficient (Wildman–Crippen LogP) is 4.09. The molecule has 0 unspecified atom stereocenters. The second kappa shape index (κ2) is 8.95. The van der Waals surface area contributed by atoms with Gasteiger partial charge in [-0.25, -0.2) is 8.42 Å². The maximum Gasteiger partial charge on any atom is 0.232 e. The maximum atomic E-state index is 10.7. The van der Waals surface area contributed by atoms with Crippen LogP contribution >= 0.6 is 26.6 Å². The van der Waals surface area contributed by atoms with Crippen molar-refractivity contribution in [2.75, 3.05) is 12.4 Å². The van der Waals surface area contributed by atoms with Gasteiger partial charge in [-0.15, -0.1) is 0 Å². The molecule has 0 aromatic heterocycles. The molecule has 1 rings (SSSR count). The Morgan fingerprint density at radius 2 is 1.89 bits per heavy atom. The van der Waals surface area contributed by atoms with Gasteiger partial charge in [0.15, 0.2) is 0 Å². The molecular weight excluding hydrogens is 352 g/mol. The van der Waals surface area contributed by atoms with Crippen LogP contribution in [0.1, 0.15) is 31.2 Å². The van der Waals surface area contributed by atoms with Gasteiger partial charge in [0.05, 0.1) is 12.4 Å². The van der Waals surface area contributed by atoms with E-state index >= 15 is 0 Å². The van der Waals surface area contributed by atoms with Crippen molar-refractivity contribution in [3.63, 3.8) is 0 Å². The van der Waals surface area contributed by atoms with Crippen LogP contribution in [0.2, 0.25) is 0 Å². The lowest BCUT2D eigenvalue weighted by Crippen LogP contribution is -1.98. The van der Waals surface area contributed by atoms with Gasteiger partial charge in [-0.3, -0.25) is 0 Å². The summed E-state index contributed by atoms with van der Waals surface area (Å²) in [6, 6.07) is 8.02. The molecular formula is C13H18BrClO3S. The number of benzene rings is 1. The number of halogens is 2. The van der Waals surface area contributed by atoms with E-state index in [9.17, 15) is 8.42 Å². The molecule has 0 aliphatic rings. The highest BCUT2D eigenvalue weighted by Gasteiger charge is 2.03. The summed E-state index contributed by atoms with van der Waals surface area (Å²) in [6.45, 7) is 1.30. The number of ether oxygens (including phenoxy) is 1. The average Bonchev–Trinajstić information content (AvgIpc) is 2.31. The van der Waals surface area contributed by atoms with E-state index in [0.717, 1.165) is 29.3 Å². The third-order valence-electron chi connectivity index (χ3n) is 2.58. The van der Waals surface area contributed by atoms with Crippen molar-refractivity contribution >= 4 is 35.7 Å². The number of rotatable bonds is 9. The summed E-state index contributed by atoms with van der Waals surface area (Å²) in [7, 11) is 1.79. The number of hydrogen-bond acceptors (Lipinski definition) is 3. The fourth-order valence-electron chi connectivity index (χ4n) is 1.65. The zero-order valence-electron chi connectivity index (χ0n) is 10.6. The second-order valence-corrected chi connectivity index (χ2v) is 8.15. The minimum Gasteiger partial charge on any atom is -0.377 e. The van der Waals surface area contributed by atoms with Crippen molar-refractivity contribution in [1.29, 1.82) is 0 Å². The highest BCUT2D eigenvalue weighted by Crippen LogP contribution is 2.12. The Balaban J connectivity index is 2.00. The first-order chi connectivity index (χ1) is 8.97. The Bertz CT molecular complexity index is 477. The Kier molecular flexibility index (Phi) is 7.99. The third kappa shape index (κ3) is 9.44. The molecule has 0 atom stereocenters. The molecule has 0 saturated heterocycles. The van der Waals surface area contributed by atoms with E-state index in [-0.39, 0.29) is 5.75 Å². The van der Waals surface area contributed by atoms with Crippen LogP contribution in [0.5, 0.6) is 0 Å². The molecule has 0 fully saturated rings. The zero-order chi connectivity index (χ0) is 14.1. The van der Waals surface area contributed by atoms with Crippen LogP contribution in [0.15, 0.2) is 28.7 Å². The standard InChI is InChI=1S/C13H18BrClO3S/c14-13-7-5-6-12(10-13)11-18-8-3-1-2-4-9-19(15,16)17/h5-7,10H,1-4,8-9,11H2. The van der Waals surface area contributed by atoms with Gasteiger partial charge in [-0.1, -0.05) is 40.9 Å². The van der Waals surface area contributed by atoms with Crippen molar-refractivity contribution in [3.8, 4) is 0 Å². The van der Waals surface area contributed by atoms with E-state index in [1.54, 1.807) is 0 Å². The third-order valence-corrected chi connectivity index (χ3v) is 4.32. The summed E-state index contributed by atoms with van der Waals surface area (Å²) in [6.07, 6.45) is 3.39. The van der Waals surface area contributed by atoms with E-state index in [0.29, 0.717) is 19.6 Å². The Hall–Kier alpha value is -0.100. The minimum absolute atomic E-state index is 0.0630. The van der Waals surface area contributed by atoms with Crippen molar-refractivity contribution < 1.29 is 13.2 Å². The quantitative estimate of drug-likeness (QED) is 0.486. The SMILES string of the molecule is O=S(=O)(Cl)CCCCCCOCc1cccc(Br)c1. The molecule has 3 nitrogen and oxygen atoms in total. The lowest BCUT2D eigenvalue weighted by molar-refractivity contribution is 0.117. The summed E-state index contributed by atoms with van der Waals surface area (Å²) in [5.41, 5.74) is 1.14. The van der Waals surface area contributed by atoms with Crippen LogP contribution in [-0.4, -0.2) is 20.8 Å². The van der Waals surface area contributed by atoms with Crippen LogP contribution in [-0.2, 0) is 20.4 Å². The lowest BCUT2D eigenvalue weighted by atomic mass is 10.2. The molecule has 108 valence electrons. The van der Waals surface area contributed by atoms with E-state index in [2.05, 4.69) is 15.9 Å². The molecule has 6 heteroatoms. The van der Waals surface area contributed by atoms with Crippen LogP contribution < -0.4 is 0 Å². The van der Waals surface area contributed by atoms with E-state index in [4.69, 9.17) is 15.4 Å². The molecule has 0 heterocycles. The van der Waals surface area contributed by atoms with Crippen molar-refractivity contribution in [2.24, 2.45) is 0 Å². The van der Waals surface area contributed by atoms with Crippen LogP contribution in [0, 0.1) is 0 Å². The Morgan fingerprint density at radius 3 is 2.58 bits per heavy atom. The molecule has 0 radical (unpaired) electrons. The van der Waals surface area contributed by atoms with Crippen molar-refractivity contribution in [2.45, 2.75) is 32.3 Å². The first-order valence-electron chi connectivity index (χ1n) is 6.22. The van der Waals surface area contributed by atoms with Gasteiger partial charge < -0.3 is 4.74 Å². The van der Waals surface area contributed by atoms with Crippen LogP contribution in [0.4, 0.5) is 0 Å². The van der Waals surface area contributed by atoms with Gasteiger partial charge in [0.2, 0.25) is 9.05 Å². The first kappa shape index (κ1) is 17.0. The largest absolute Gasteiger partial charge is 0.377 e. The van der Waals surface area contributed by atoms with Crippen molar-refractivity contribution in [1.82, 2.24) is 0 Å². The van der Waals surface area contributed by atoms with E-state index < -0.39 is 9.05 Å². The minimum atomic E-state index is -3.33. The predicted molar refractivity (Wildman–Crippen MR) is 81.9 cm³/mol. The molecule has 19 heavy (non-hydrogen) atoms. The summed E-state index contributed by atoms with van der Waals surface area (Å²) < 4.78 is 28.0. The fourth-order valence-corrected chi connectivity index (χ4v) is 2.97. The smallest absolute Gasteiger partial charge is 0.232 e. The van der Waals surface area contributed by atoms with Gasteiger partial charge >= 0.3 is 0 Å². The van der Waals surface area contributed by atoms with Gasteiger partial charge in [0, 0.05) is 21.8 Å². The number of hydrogen-bond donors (Lipinski definition) is 0. The molecule has 0 saturated carbocycles. The monoisotopic (exact) mass is 368 g/mol. The Morgan fingerprint density at radius 1 is 1.16 bits per heavy atom. The fraction of sp³-hybridized carbons (Fsp3) is 0.538. The topological polar surface area (TPSA) is 43.4 Å². The lowest BCUT2D eigenvalue weighted by Gasteiger charge is -2.05. The van der Waals surface area contributed by atoms with Crippen LogP contribution in [0.3, 0.4) is 0 Å². The molecule has 1 aromatic rings. The van der Waals surface area contributed by atoms with Gasteiger partial charge in [0.25, 0.3) is 0 Å². The summed E-state index contributed by atoms with van der Waals surface area (Å²) in [5, 5.41) is 0. The highest BCUT2D eigenvalue weighted by molar-refractivity contribution is 9.10. The average molecular weight is 370 g/mol. The molecule has 0 bridgehead atoms. The highest BCUT2D eigenvalue weighted by atomic mass is 79.9. The molecule has 1 aromatic carbocycles. The molecule has 0 spiro atoms. The molecule has 0 amide bonds. The van der Waals surface area contributed by atoms with Crippen LogP contribution in [0.25, 0.3) is 0 Å². The number of unbranched alkanes of at least 4 members (excludes halogenated alkanes) is 3. The van der Waals surface area contributed by atoms with Gasteiger partial charge in [0.1, 0.15) is 0 Å². The zero-order valence-corrected chi connectivity index (χ0v) is 13.8. The summed E-state index contributed by atoms with van der Waals surface area (Å²) in [5.74, 6) is 0.0630. The normalized spacial score (nSPS) is 11.7. The maximum absolute atomic E-state index is 10.7. The second-order valence-electron chi connectivity index (χ2n) is 4.34. The summed E-state index contributed by atoms with van der Waals surface area (Å²) in [4.78, 5) is 0. The molecule has 0 aliphatic heterocycles. The summed E-state index contributed by atoms with van der Waals surface area (Å²) >= 11 is 3.41. The van der Waals surface area contributed by atoms with E-state index in [1.807, 2.05) is 24.3 Å². The van der Waals surface area contributed by atoms with Gasteiger partial charge in [-0.05, 0) is 30.5 Å². The van der Waals surface area contributed by atoms with Crippen molar-refractivity contribution in [3.05, 3.63) is 34.3 Å². The Labute approximate surface area is 127 Å². The van der Waals surface area contributed by atoms with E-state index in [1.165, 1.54) is 0 Å². The van der Waals surface area contributed by atoms with Gasteiger partial charge in [-0.2, -0.15) is 0 Å². The molecule has 0 aliphatic carbocycles.